The number of nitrogens with zero attached hydrogens (tertiary/aromatic N) is 2. The second kappa shape index (κ2) is 7.48. The molecule has 1 rings (SSSR count). The van der Waals surface area contributed by atoms with Gasteiger partial charge in [-0.2, -0.15) is 5.26 Å². The van der Waals surface area contributed by atoms with Gasteiger partial charge in [-0.25, -0.2) is 8.78 Å². The van der Waals surface area contributed by atoms with E-state index in [0.29, 0.717) is 19.5 Å². The quantitative estimate of drug-likeness (QED) is 0.876. The van der Waals surface area contributed by atoms with E-state index >= 15 is 0 Å². The van der Waals surface area contributed by atoms with Crippen molar-refractivity contribution in [2.24, 2.45) is 5.41 Å². The molecule has 1 unspecified atom stereocenters. The van der Waals surface area contributed by atoms with Crippen molar-refractivity contribution >= 4 is 0 Å². The van der Waals surface area contributed by atoms with E-state index in [-0.39, 0.29) is 17.5 Å². The average molecular weight is 296 g/mol. The smallest absolute Gasteiger partial charge is 0.131 e. The minimum Gasteiger partial charge on any atom is -0.387 e. The molecule has 0 saturated carbocycles. The Morgan fingerprint density at radius 2 is 1.86 bits per heavy atom. The van der Waals surface area contributed by atoms with E-state index in [1.165, 1.54) is 6.07 Å². The first-order valence-electron chi connectivity index (χ1n) is 6.96. The highest BCUT2D eigenvalue weighted by atomic mass is 19.1. The molecule has 0 aliphatic carbocycles. The molecule has 0 aromatic heterocycles. The third-order valence-electron chi connectivity index (χ3n) is 3.00. The third-order valence-corrected chi connectivity index (χ3v) is 3.00. The fourth-order valence-electron chi connectivity index (χ4n) is 2.28. The number of hydrogen-bond donors (Lipinski definition) is 1. The number of benzene rings is 1. The van der Waals surface area contributed by atoms with Crippen LogP contribution in [0.4, 0.5) is 8.78 Å². The Balaban J connectivity index is 2.84. The van der Waals surface area contributed by atoms with Crippen molar-refractivity contribution in [3.8, 4) is 6.07 Å². The van der Waals surface area contributed by atoms with Gasteiger partial charge in [0.2, 0.25) is 0 Å². The molecule has 1 N–H and O–H groups in total. The molecule has 0 heterocycles. The van der Waals surface area contributed by atoms with E-state index in [1.54, 1.807) is 0 Å². The number of hydrogen-bond acceptors (Lipinski definition) is 3. The van der Waals surface area contributed by atoms with Crippen LogP contribution in [-0.2, 0) is 0 Å². The first kappa shape index (κ1) is 17.5. The Labute approximate surface area is 124 Å². The van der Waals surface area contributed by atoms with Crippen LogP contribution in [0, 0.1) is 28.4 Å². The van der Waals surface area contributed by atoms with E-state index in [1.807, 2.05) is 31.7 Å². The molecule has 0 radical (unpaired) electrons. The lowest BCUT2D eigenvalue weighted by atomic mass is 9.95. The van der Waals surface area contributed by atoms with Gasteiger partial charge in [-0.15, -0.1) is 0 Å². The van der Waals surface area contributed by atoms with Crippen LogP contribution < -0.4 is 0 Å². The molecule has 0 aliphatic rings. The minimum absolute atomic E-state index is 0.0387. The van der Waals surface area contributed by atoms with Gasteiger partial charge < -0.3 is 5.11 Å². The van der Waals surface area contributed by atoms with Gasteiger partial charge >= 0.3 is 0 Å². The van der Waals surface area contributed by atoms with E-state index in [2.05, 4.69) is 0 Å². The van der Waals surface area contributed by atoms with Crippen molar-refractivity contribution < 1.29 is 13.9 Å². The lowest BCUT2D eigenvalue weighted by Crippen LogP contribution is -2.36. The summed E-state index contributed by atoms with van der Waals surface area (Å²) in [5.74, 6) is -1.50. The van der Waals surface area contributed by atoms with E-state index in [9.17, 15) is 13.9 Å². The fraction of sp³-hybridized carbons (Fsp3) is 0.562. The molecule has 0 bridgehead atoms. The van der Waals surface area contributed by atoms with Crippen LogP contribution in [0.2, 0.25) is 0 Å². The maximum atomic E-state index is 13.7. The molecular weight excluding hydrogens is 274 g/mol. The predicted octanol–water partition coefficient (Wildman–Crippen LogP) is 3.26. The zero-order valence-corrected chi connectivity index (χ0v) is 12.7. The second-order valence-electron chi connectivity index (χ2n) is 6.36. The van der Waals surface area contributed by atoms with Gasteiger partial charge in [-0.3, -0.25) is 4.90 Å². The first-order valence-corrected chi connectivity index (χ1v) is 6.96. The van der Waals surface area contributed by atoms with Gasteiger partial charge in [0.1, 0.15) is 11.6 Å². The maximum absolute atomic E-state index is 13.7. The SMILES string of the molecule is CC(C)(C)CN(CCC#N)CC(O)c1c(F)cccc1F. The van der Waals surface area contributed by atoms with Crippen LogP contribution in [0.25, 0.3) is 0 Å². The normalized spacial score (nSPS) is 13.2. The number of rotatable bonds is 6. The molecular formula is C16H22F2N2O. The molecule has 5 heteroatoms. The molecule has 21 heavy (non-hydrogen) atoms. The van der Waals surface area contributed by atoms with Crippen LogP contribution in [0.3, 0.4) is 0 Å². The summed E-state index contributed by atoms with van der Waals surface area (Å²) in [7, 11) is 0. The highest BCUT2D eigenvalue weighted by Crippen LogP contribution is 2.23. The Kier molecular flexibility index (Phi) is 6.25. The maximum Gasteiger partial charge on any atom is 0.131 e. The monoisotopic (exact) mass is 296 g/mol. The zero-order chi connectivity index (χ0) is 16.0. The summed E-state index contributed by atoms with van der Waals surface area (Å²) in [5, 5.41) is 18.8. The Morgan fingerprint density at radius 3 is 2.33 bits per heavy atom. The van der Waals surface area contributed by atoms with Gasteiger partial charge in [0.05, 0.1) is 17.7 Å². The topological polar surface area (TPSA) is 47.3 Å². The van der Waals surface area contributed by atoms with Crippen LogP contribution >= 0.6 is 0 Å². The lowest BCUT2D eigenvalue weighted by Gasteiger charge is -2.31. The molecule has 0 saturated heterocycles. The summed E-state index contributed by atoms with van der Waals surface area (Å²) in [6.45, 7) is 7.27. The molecule has 0 amide bonds. The summed E-state index contributed by atoms with van der Waals surface area (Å²) < 4.78 is 27.3. The van der Waals surface area contributed by atoms with E-state index in [0.717, 1.165) is 12.1 Å². The van der Waals surface area contributed by atoms with Crippen LogP contribution in [0.1, 0.15) is 38.9 Å². The molecule has 0 spiro atoms. The first-order chi connectivity index (χ1) is 9.74. The Morgan fingerprint density at radius 1 is 1.29 bits per heavy atom. The van der Waals surface area contributed by atoms with Crippen molar-refractivity contribution in [2.75, 3.05) is 19.6 Å². The summed E-state index contributed by atoms with van der Waals surface area (Å²) in [6.07, 6.45) is -0.949. The number of halogens is 2. The Hall–Kier alpha value is -1.51. The third kappa shape index (κ3) is 5.78. The van der Waals surface area contributed by atoms with E-state index < -0.39 is 17.7 Å². The molecule has 116 valence electrons. The van der Waals surface area contributed by atoms with Crippen LogP contribution in [0.15, 0.2) is 18.2 Å². The fourth-order valence-corrected chi connectivity index (χ4v) is 2.28. The number of aliphatic hydroxyl groups is 1. The average Bonchev–Trinajstić information content (AvgIpc) is 2.33. The lowest BCUT2D eigenvalue weighted by molar-refractivity contribution is 0.0883. The number of nitriles is 1. The van der Waals surface area contributed by atoms with Gasteiger partial charge in [-0.05, 0) is 17.5 Å². The van der Waals surface area contributed by atoms with Crippen molar-refractivity contribution in [2.45, 2.75) is 33.3 Å². The summed E-state index contributed by atoms with van der Waals surface area (Å²) >= 11 is 0. The van der Waals surface area contributed by atoms with Gasteiger partial charge in [-0.1, -0.05) is 26.8 Å². The molecule has 1 aromatic rings. The standard InChI is InChI=1S/C16H22F2N2O/c1-16(2,3)11-20(9-5-8-19)10-14(21)15-12(17)6-4-7-13(15)18/h4,6-7,14,21H,5,9-11H2,1-3H3. The van der Waals surface area contributed by atoms with Crippen molar-refractivity contribution in [1.82, 2.24) is 4.90 Å². The van der Waals surface area contributed by atoms with Crippen molar-refractivity contribution in [3.63, 3.8) is 0 Å². The highest BCUT2D eigenvalue weighted by molar-refractivity contribution is 5.22. The minimum atomic E-state index is -1.26. The summed E-state index contributed by atoms with van der Waals surface area (Å²) in [4.78, 5) is 1.86. The molecule has 3 nitrogen and oxygen atoms in total. The second-order valence-corrected chi connectivity index (χ2v) is 6.36. The highest BCUT2D eigenvalue weighted by Gasteiger charge is 2.23. The number of aliphatic hydroxyl groups excluding tert-OH is 1. The van der Waals surface area contributed by atoms with Gasteiger partial charge in [0.15, 0.2) is 0 Å². The summed E-state index contributed by atoms with van der Waals surface area (Å²) in [5.41, 5.74) is -0.350. The van der Waals surface area contributed by atoms with Gasteiger partial charge in [0.25, 0.3) is 0 Å². The molecule has 0 aliphatic heterocycles. The van der Waals surface area contributed by atoms with Crippen molar-refractivity contribution in [3.05, 3.63) is 35.4 Å². The van der Waals surface area contributed by atoms with E-state index in [4.69, 9.17) is 5.26 Å². The summed E-state index contributed by atoms with van der Waals surface area (Å²) in [6, 6.07) is 5.58. The van der Waals surface area contributed by atoms with Crippen LogP contribution in [-0.4, -0.2) is 29.6 Å². The van der Waals surface area contributed by atoms with Crippen molar-refractivity contribution in [1.29, 1.82) is 5.26 Å². The Bertz CT molecular complexity index is 486. The zero-order valence-electron chi connectivity index (χ0n) is 12.7. The van der Waals surface area contributed by atoms with Gasteiger partial charge in [0, 0.05) is 26.1 Å². The largest absolute Gasteiger partial charge is 0.387 e. The molecule has 1 aromatic carbocycles. The molecule has 0 fully saturated rings. The predicted molar refractivity (Wildman–Crippen MR) is 77.4 cm³/mol. The molecule has 1 atom stereocenters. The van der Waals surface area contributed by atoms with Crippen LogP contribution in [0.5, 0.6) is 0 Å².